The lowest BCUT2D eigenvalue weighted by Gasteiger charge is -2.13. The Kier molecular flexibility index (Phi) is 3.95. The molecule has 2 rings (SSSR count). The third kappa shape index (κ3) is 3.08. The minimum atomic E-state index is -0.770. The van der Waals surface area contributed by atoms with E-state index in [9.17, 15) is 4.79 Å². The molecular formula is C15H17NO2. The number of rotatable bonds is 5. The standard InChI is InChI=1S/C15H17NO2/c1-11(9-15(17)18)16-10-13-7-4-6-12-5-2-3-8-14(12)13/h2-8,11,16H,9-10H2,1H3,(H,17,18). The molecule has 2 N–H and O–H groups in total. The van der Waals surface area contributed by atoms with E-state index in [0.717, 1.165) is 0 Å². The Morgan fingerprint density at radius 3 is 2.72 bits per heavy atom. The fraction of sp³-hybridized carbons (Fsp3) is 0.267. The average Bonchev–Trinajstić information content (AvgIpc) is 2.35. The monoisotopic (exact) mass is 243 g/mol. The Morgan fingerprint density at radius 1 is 1.22 bits per heavy atom. The van der Waals surface area contributed by atoms with Crippen molar-refractivity contribution in [2.24, 2.45) is 0 Å². The lowest BCUT2D eigenvalue weighted by molar-refractivity contribution is -0.137. The molecule has 0 radical (unpaired) electrons. The summed E-state index contributed by atoms with van der Waals surface area (Å²) < 4.78 is 0. The van der Waals surface area contributed by atoms with E-state index in [-0.39, 0.29) is 12.5 Å². The lowest BCUT2D eigenvalue weighted by atomic mass is 10.0. The molecule has 0 heterocycles. The van der Waals surface area contributed by atoms with Gasteiger partial charge in [0.1, 0.15) is 0 Å². The maximum absolute atomic E-state index is 10.6. The summed E-state index contributed by atoms with van der Waals surface area (Å²) in [7, 11) is 0. The van der Waals surface area contributed by atoms with Crippen LogP contribution >= 0.6 is 0 Å². The van der Waals surface area contributed by atoms with Crippen LogP contribution in [-0.4, -0.2) is 17.1 Å². The Labute approximate surface area is 106 Å². The van der Waals surface area contributed by atoms with Crippen molar-refractivity contribution in [3.63, 3.8) is 0 Å². The summed E-state index contributed by atoms with van der Waals surface area (Å²) in [6.45, 7) is 2.58. The number of fused-ring (bicyclic) bond motifs is 1. The van der Waals surface area contributed by atoms with E-state index in [2.05, 4.69) is 29.6 Å². The van der Waals surface area contributed by atoms with Gasteiger partial charge in [-0.15, -0.1) is 0 Å². The van der Waals surface area contributed by atoms with Crippen LogP contribution in [-0.2, 0) is 11.3 Å². The second-order valence-corrected chi connectivity index (χ2v) is 4.52. The molecule has 0 bridgehead atoms. The number of hydrogen-bond acceptors (Lipinski definition) is 2. The largest absolute Gasteiger partial charge is 0.481 e. The van der Waals surface area contributed by atoms with Gasteiger partial charge in [0.05, 0.1) is 6.42 Å². The summed E-state index contributed by atoms with van der Waals surface area (Å²) in [5, 5.41) is 14.4. The van der Waals surface area contributed by atoms with E-state index < -0.39 is 5.97 Å². The number of carboxylic acid groups (broad SMARTS) is 1. The number of benzene rings is 2. The fourth-order valence-electron chi connectivity index (χ4n) is 2.06. The lowest BCUT2D eigenvalue weighted by Crippen LogP contribution is -2.27. The average molecular weight is 243 g/mol. The highest BCUT2D eigenvalue weighted by Gasteiger charge is 2.07. The minimum Gasteiger partial charge on any atom is -0.481 e. The number of hydrogen-bond donors (Lipinski definition) is 2. The van der Waals surface area contributed by atoms with Crippen molar-refractivity contribution >= 4 is 16.7 Å². The van der Waals surface area contributed by atoms with Crippen LogP contribution in [0.3, 0.4) is 0 Å². The number of carboxylic acids is 1. The van der Waals surface area contributed by atoms with Crippen molar-refractivity contribution in [3.05, 3.63) is 48.0 Å². The van der Waals surface area contributed by atoms with Gasteiger partial charge in [0, 0.05) is 12.6 Å². The molecule has 0 aromatic heterocycles. The Morgan fingerprint density at radius 2 is 1.94 bits per heavy atom. The molecule has 94 valence electrons. The summed E-state index contributed by atoms with van der Waals surface area (Å²) in [6.07, 6.45) is 0.144. The first-order chi connectivity index (χ1) is 8.66. The SMILES string of the molecule is CC(CC(=O)O)NCc1cccc2ccccc12. The first kappa shape index (κ1) is 12.6. The van der Waals surface area contributed by atoms with Crippen LogP contribution < -0.4 is 5.32 Å². The Balaban J connectivity index is 2.10. The van der Waals surface area contributed by atoms with Gasteiger partial charge in [-0.1, -0.05) is 42.5 Å². The summed E-state index contributed by atoms with van der Waals surface area (Å²) in [5.74, 6) is -0.770. The van der Waals surface area contributed by atoms with Gasteiger partial charge in [0.2, 0.25) is 0 Å². The van der Waals surface area contributed by atoms with E-state index in [1.165, 1.54) is 16.3 Å². The summed E-state index contributed by atoms with van der Waals surface area (Å²) >= 11 is 0. The highest BCUT2D eigenvalue weighted by atomic mass is 16.4. The van der Waals surface area contributed by atoms with Crippen molar-refractivity contribution in [3.8, 4) is 0 Å². The minimum absolute atomic E-state index is 0.0264. The first-order valence-corrected chi connectivity index (χ1v) is 6.08. The maximum Gasteiger partial charge on any atom is 0.304 e. The second-order valence-electron chi connectivity index (χ2n) is 4.52. The van der Waals surface area contributed by atoms with E-state index in [1.807, 2.05) is 25.1 Å². The predicted molar refractivity (Wildman–Crippen MR) is 72.5 cm³/mol. The zero-order valence-corrected chi connectivity index (χ0v) is 10.4. The summed E-state index contributed by atoms with van der Waals surface area (Å²) in [6, 6.07) is 14.4. The van der Waals surface area contributed by atoms with Crippen molar-refractivity contribution in [2.75, 3.05) is 0 Å². The summed E-state index contributed by atoms with van der Waals surface area (Å²) in [4.78, 5) is 10.6. The van der Waals surface area contributed by atoms with Gasteiger partial charge < -0.3 is 10.4 Å². The van der Waals surface area contributed by atoms with Crippen LogP contribution in [0.15, 0.2) is 42.5 Å². The molecule has 1 unspecified atom stereocenters. The molecule has 3 nitrogen and oxygen atoms in total. The van der Waals surface area contributed by atoms with Crippen LogP contribution in [0.1, 0.15) is 18.9 Å². The first-order valence-electron chi connectivity index (χ1n) is 6.08. The normalized spacial score (nSPS) is 12.5. The number of carbonyl (C=O) groups is 1. The molecule has 0 saturated heterocycles. The topological polar surface area (TPSA) is 49.3 Å². The Bertz CT molecular complexity index is 546. The molecule has 0 aliphatic heterocycles. The van der Waals surface area contributed by atoms with Crippen LogP contribution in [0, 0.1) is 0 Å². The molecular weight excluding hydrogens is 226 g/mol. The van der Waals surface area contributed by atoms with E-state index in [1.54, 1.807) is 0 Å². The van der Waals surface area contributed by atoms with E-state index >= 15 is 0 Å². The highest BCUT2D eigenvalue weighted by molar-refractivity contribution is 5.85. The highest BCUT2D eigenvalue weighted by Crippen LogP contribution is 2.18. The molecule has 2 aromatic carbocycles. The predicted octanol–water partition coefficient (Wildman–Crippen LogP) is 2.79. The van der Waals surface area contributed by atoms with Crippen LogP contribution in [0.2, 0.25) is 0 Å². The van der Waals surface area contributed by atoms with Gasteiger partial charge >= 0.3 is 5.97 Å². The quantitative estimate of drug-likeness (QED) is 0.849. The third-order valence-electron chi connectivity index (χ3n) is 3.00. The second kappa shape index (κ2) is 5.65. The molecule has 0 aliphatic carbocycles. The van der Waals surface area contributed by atoms with Crippen LogP contribution in [0.5, 0.6) is 0 Å². The molecule has 18 heavy (non-hydrogen) atoms. The van der Waals surface area contributed by atoms with Gasteiger partial charge in [-0.05, 0) is 23.3 Å². The molecule has 0 spiro atoms. The van der Waals surface area contributed by atoms with Crippen molar-refractivity contribution in [2.45, 2.75) is 25.9 Å². The zero-order valence-electron chi connectivity index (χ0n) is 10.4. The zero-order chi connectivity index (χ0) is 13.0. The fourth-order valence-corrected chi connectivity index (χ4v) is 2.06. The molecule has 2 aromatic rings. The molecule has 3 heteroatoms. The van der Waals surface area contributed by atoms with E-state index in [0.29, 0.717) is 6.54 Å². The molecule has 0 aliphatic rings. The van der Waals surface area contributed by atoms with Crippen molar-refractivity contribution in [1.29, 1.82) is 0 Å². The number of aliphatic carboxylic acids is 1. The van der Waals surface area contributed by atoms with Gasteiger partial charge in [0.15, 0.2) is 0 Å². The third-order valence-corrected chi connectivity index (χ3v) is 3.00. The summed E-state index contributed by atoms with van der Waals surface area (Å²) in [5.41, 5.74) is 1.20. The molecule has 0 saturated carbocycles. The molecule has 0 fully saturated rings. The van der Waals surface area contributed by atoms with Gasteiger partial charge in [-0.2, -0.15) is 0 Å². The molecule has 0 amide bonds. The van der Waals surface area contributed by atoms with Crippen molar-refractivity contribution in [1.82, 2.24) is 5.32 Å². The smallest absolute Gasteiger partial charge is 0.304 e. The molecule has 1 atom stereocenters. The van der Waals surface area contributed by atoms with E-state index in [4.69, 9.17) is 5.11 Å². The maximum atomic E-state index is 10.6. The van der Waals surface area contributed by atoms with Crippen molar-refractivity contribution < 1.29 is 9.90 Å². The van der Waals surface area contributed by atoms with Crippen LogP contribution in [0.4, 0.5) is 0 Å². The Hall–Kier alpha value is -1.87. The number of nitrogens with one attached hydrogen (secondary N) is 1. The van der Waals surface area contributed by atoms with Gasteiger partial charge in [0.25, 0.3) is 0 Å². The van der Waals surface area contributed by atoms with Gasteiger partial charge in [-0.25, -0.2) is 0 Å². The van der Waals surface area contributed by atoms with Gasteiger partial charge in [-0.3, -0.25) is 4.79 Å². The van der Waals surface area contributed by atoms with Crippen LogP contribution in [0.25, 0.3) is 10.8 Å².